The number of fused-ring (bicyclic) bond motifs is 1. The fourth-order valence-electron chi connectivity index (χ4n) is 2.33. The number of nitrogens with zero attached hydrogens (tertiary/aromatic N) is 2. The van der Waals surface area contributed by atoms with Crippen LogP contribution in [0.5, 0.6) is 11.5 Å². The van der Waals surface area contributed by atoms with E-state index >= 15 is 0 Å². The Balaban J connectivity index is 1.71. The Hall–Kier alpha value is -2.48. The van der Waals surface area contributed by atoms with Crippen molar-refractivity contribution >= 4 is 29.1 Å². The molecule has 1 aromatic heterocycles. The molecule has 0 bridgehead atoms. The Labute approximate surface area is 143 Å². The van der Waals surface area contributed by atoms with Crippen LogP contribution in [0.2, 0.25) is 0 Å². The first-order valence-corrected chi connectivity index (χ1v) is 8.45. The summed E-state index contributed by atoms with van der Waals surface area (Å²) in [6.45, 7) is 4.36. The van der Waals surface area contributed by atoms with Gasteiger partial charge >= 0.3 is 0 Å². The van der Waals surface area contributed by atoms with Crippen LogP contribution in [0.3, 0.4) is 0 Å². The van der Waals surface area contributed by atoms with Gasteiger partial charge in [0.05, 0.1) is 11.4 Å². The Morgan fingerprint density at radius 2 is 2.08 bits per heavy atom. The topological polar surface area (TPSA) is 82.5 Å². The third kappa shape index (κ3) is 3.38. The van der Waals surface area contributed by atoms with E-state index in [0.717, 1.165) is 11.7 Å². The second kappa shape index (κ2) is 6.96. The number of hydrogen-bond acceptors (Lipinski definition) is 6. The Bertz CT molecular complexity index is 788. The van der Waals surface area contributed by atoms with Crippen LogP contribution in [0.1, 0.15) is 24.2 Å². The molecule has 1 aliphatic heterocycles. The predicted octanol–water partition coefficient (Wildman–Crippen LogP) is 2.57. The van der Waals surface area contributed by atoms with Gasteiger partial charge < -0.3 is 19.4 Å². The van der Waals surface area contributed by atoms with E-state index in [-0.39, 0.29) is 24.2 Å². The molecule has 2 aromatic rings. The molecule has 0 atom stereocenters. The van der Waals surface area contributed by atoms with E-state index in [9.17, 15) is 9.59 Å². The van der Waals surface area contributed by atoms with Crippen molar-refractivity contribution in [1.82, 2.24) is 9.55 Å². The summed E-state index contributed by atoms with van der Waals surface area (Å²) < 4.78 is 12.5. The Morgan fingerprint density at radius 3 is 2.79 bits per heavy atom. The van der Waals surface area contributed by atoms with E-state index in [1.165, 1.54) is 18.7 Å². The summed E-state index contributed by atoms with van der Waals surface area (Å²) in [4.78, 5) is 28.3. The molecule has 8 heteroatoms. The highest BCUT2D eigenvalue weighted by atomic mass is 32.2. The van der Waals surface area contributed by atoms with Gasteiger partial charge in [-0.3, -0.25) is 9.59 Å². The molecule has 1 aliphatic rings. The molecule has 1 N–H and O–H groups in total. The van der Waals surface area contributed by atoms with Gasteiger partial charge in [-0.15, -0.1) is 0 Å². The summed E-state index contributed by atoms with van der Waals surface area (Å²) >= 11 is 1.34. The number of benzene rings is 1. The maximum atomic E-state index is 12.2. The molecular weight excluding hydrogens is 330 g/mol. The molecule has 0 fully saturated rings. The van der Waals surface area contributed by atoms with Gasteiger partial charge in [-0.05, 0) is 19.9 Å². The molecule has 0 saturated heterocycles. The van der Waals surface area contributed by atoms with Gasteiger partial charge in [0.1, 0.15) is 0 Å². The van der Waals surface area contributed by atoms with Crippen molar-refractivity contribution in [1.29, 1.82) is 0 Å². The minimum atomic E-state index is -0.216. The van der Waals surface area contributed by atoms with Gasteiger partial charge in [0, 0.05) is 30.6 Å². The highest BCUT2D eigenvalue weighted by molar-refractivity contribution is 7.99. The number of anilines is 1. The first kappa shape index (κ1) is 16.4. The molecule has 0 aliphatic carbocycles. The van der Waals surface area contributed by atoms with E-state index in [1.54, 1.807) is 18.3 Å². The summed E-state index contributed by atoms with van der Waals surface area (Å²) in [5.74, 6) is 0.856. The van der Waals surface area contributed by atoms with Crippen molar-refractivity contribution in [2.45, 2.75) is 25.5 Å². The normalized spacial score (nSPS) is 12.2. The molecule has 3 rings (SSSR count). The first-order chi connectivity index (χ1) is 11.6. The molecule has 24 heavy (non-hydrogen) atoms. The van der Waals surface area contributed by atoms with Crippen LogP contribution in [0.25, 0.3) is 0 Å². The molecule has 1 aromatic carbocycles. The number of rotatable bonds is 6. The number of ether oxygens (including phenoxy) is 2. The van der Waals surface area contributed by atoms with Crippen molar-refractivity contribution in [3.63, 3.8) is 0 Å². The summed E-state index contributed by atoms with van der Waals surface area (Å²) in [6.07, 6.45) is 3.57. The number of amides is 1. The monoisotopic (exact) mass is 347 g/mol. The average molecular weight is 347 g/mol. The number of Topliss-reactive ketones (excluding diaryl/α,β-unsaturated/α-hetero) is 1. The van der Waals surface area contributed by atoms with E-state index in [1.807, 2.05) is 17.7 Å². The van der Waals surface area contributed by atoms with Gasteiger partial charge in [-0.25, -0.2) is 4.98 Å². The van der Waals surface area contributed by atoms with Gasteiger partial charge in [-0.1, -0.05) is 11.8 Å². The van der Waals surface area contributed by atoms with E-state index in [4.69, 9.17) is 9.47 Å². The smallest absolute Gasteiger partial charge is 0.234 e. The standard InChI is InChI=1S/C16H17N3O4S/c1-3-19-5-4-17-16(19)24-8-15(21)18-12-7-14-13(22-9-23-14)6-11(12)10(2)20/h4-7H,3,8-9H2,1-2H3,(H,18,21). The van der Waals surface area contributed by atoms with Crippen molar-refractivity contribution in [3.05, 3.63) is 30.1 Å². The molecular formula is C16H17N3O4S. The van der Waals surface area contributed by atoms with Crippen molar-refractivity contribution in [3.8, 4) is 11.5 Å². The van der Waals surface area contributed by atoms with Gasteiger partial charge in [-0.2, -0.15) is 0 Å². The lowest BCUT2D eigenvalue weighted by Gasteiger charge is -2.10. The van der Waals surface area contributed by atoms with Crippen LogP contribution in [0.15, 0.2) is 29.7 Å². The van der Waals surface area contributed by atoms with Crippen LogP contribution in [-0.2, 0) is 11.3 Å². The van der Waals surface area contributed by atoms with E-state index < -0.39 is 0 Å². The number of aryl methyl sites for hydroxylation is 1. The molecule has 126 valence electrons. The second-order valence-electron chi connectivity index (χ2n) is 5.14. The SMILES string of the molecule is CCn1ccnc1SCC(=O)Nc1cc2c(cc1C(C)=O)OCO2. The first-order valence-electron chi connectivity index (χ1n) is 7.47. The summed E-state index contributed by atoms with van der Waals surface area (Å²) in [6, 6.07) is 3.21. The molecule has 1 amide bonds. The molecule has 0 radical (unpaired) electrons. The zero-order valence-electron chi connectivity index (χ0n) is 13.4. The summed E-state index contributed by atoms with van der Waals surface area (Å²) in [7, 11) is 0. The number of imidazole rings is 1. The number of aromatic nitrogens is 2. The minimum absolute atomic E-state index is 0.111. The lowest BCUT2D eigenvalue weighted by atomic mass is 10.1. The molecule has 2 heterocycles. The van der Waals surface area contributed by atoms with E-state index in [0.29, 0.717) is 22.7 Å². The van der Waals surface area contributed by atoms with Gasteiger partial charge in [0.25, 0.3) is 0 Å². The lowest BCUT2D eigenvalue weighted by molar-refractivity contribution is -0.113. The maximum absolute atomic E-state index is 12.2. The molecule has 0 saturated carbocycles. The number of carbonyl (C=O) groups excluding carboxylic acids is 2. The quantitative estimate of drug-likeness (QED) is 0.639. The highest BCUT2D eigenvalue weighted by Gasteiger charge is 2.20. The van der Waals surface area contributed by atoms with Crippen LogP contribution in [0, 0.1) is 0 Å². The van der Waals surface area contributed by atoms with Crippen LogP contribution >= 0.6 is 11.8 Å². The third-order valence-electron chi connectivity index (χ3n) is 3.52. The Kier molecular flexibility index (Phi) is 4.75. The zero-order chi connectivity index (χ0) is 17.1. The highest BCUT2D eigenvalue weighted by Crippen LogP contribution is 2.37. The minimum Gasteiger partial charge on any atom is -0.454 e. The number of carbonyl (C=O) groups is 2. The molecule has 7 nitrogen and oxygen atoms in total. The fourth-order valence-corrected chi connectivity index (χ4v) is 3.15. The largest absolute Gasteiger partial charge is 0.454 e. The average Bonchev–Trinajstić information content (AvgIpc) is 3.20. The van der Waals surface area contributed by atoms with Crippen LogP contribution in [0.4, 0.5) is 5.69 Å². The molecule has 0 unspecified atom stereocenters. The van der Waals surface area contributed by atoms with Crippen LogP contribution in [-0.4, -0.2) is 33.8 Å². The van der Waals surface area contributed by atoms with Gasteiger partial charge in [0.15, 0.2) is 22.4 Å². The summed E-state index contributed by atoms with van der Waals surface area (Å²) in [5, 5.41) is 3.55. The third-order valence-corrected chi connectivity index (χ3v) is 4.52. The van der Waals surface area contributed by atoms with Crippen molar-refractivity contribution in [2.75, 3.05) is 17.9 Å². The fraction of sp³-hybridized carbons (Fsp3) is 0.312. The van der Waals surface area contributed by atoms with Gasteiger partial charge in [0.2, 0.25) is 12.7 Å². The number of thioether (sulfide) groups is 1. The van der Waals surface area contributed by atoms with Crippen LogP contribution < -0.4 is 14.8 Å². The molecule has 0 spiro atoms. The Morgan fingerprint density at radius 1 is 1.33 bits per heavy atom. The zero-order valence-corrected chi connectivity index (χ0v) is 14.2. The van der Waals surface area contributed by atoms with Crippen molar-refractivity contribution < 1.29 is 19.1 Å². The van der Waals surface area contributed by atoms with Crippen molar-refractivity contribution in [2.24, 2.45) is 0 Å². The lowest BCUT2D eigenvalue weighted by Crippen LogP contribution is -2.16. The number of nitrogens with one attached hydrogen (secondary N) is 1. The summed E-state index contributed by atoms with van der Waals surface area (Å²) in [5.41, 5.74) is 0.823. The van der Waals surface area contributed by atoms with E-state index in [2.05, 4.69) is 10.3 Å². The predicted molar refractivity (Wildman–Crippen MR) is 89.8 cm³/mol. The second-order valence-corrected chi connectivity index (χ2v) is 6.08. The maximum Gasteiger partial charge on any atom is 0.234 e. The number of ketones is 1. The number of hydrogen-bond donors (Lipinski definition) is 1.